The van der Waals surface area contributed by atoms with Crippen molar-refractivity contribution in [3.05, 3.63) is 64.6 Å². The molecule has 23 heavy (non-hydrogen) atoms. The summed E-state index contributed by atoms with van der Waals surface area (Å²) in [6.07, 6.45) is 2.50. The van der Waals surface area contributed by atoms with Crippen LogP contribution in [0.3, 0.4) is 0 Å². The van der Waals surface area contributed by atoms with Crippen LogP contribution < -0.4 is 0 Å². The third-order valence-corrected chi connectivity index (χ3v) is 4.08. The first kappa shape index (κ1) is 15.5. The minimum Gasteiger partial charge on any atom is -0.361 e. The molecule has 0 radical (unpaired) electrons. The van der Waals surface area contributed by atoms with Gasteiger partial charge >= 0.3 is 0 Å². The number of nitrogens with zero attached hydrogens (tertiary/aromatic N) is 4. The van der Waals surface area contributed by atoms with Crippen molar-refractivity contribution in [2.24, 2.45) is 0 Å². The van der Waals surface area contributed by atoms with Crippen LogP contribution in [0, 0.1) is 13.8 Å². The highest BCUT2D eigenvalue weighted by molar-refractivity contribution is 5.25. The molecule has 2 heterocycles. The lowest BCUT2D eigenvalue weighted by Crippen LogP contribution is -2.09. The van der Waals surface area contributed by atoms with E-state index in [2.05, 4.69) is 46.4 Å². The van der Waals surface area contributed by atoms with Crippen LogP contribution in [0.4, 0.5) is 0 Å². The van der Waals surface area contributed by atoms with Gasteiger partial charge < -0.3 is 4.52 Å². The second kappa shape index (κ2) is 6.77. The zero-order valence-electron chi connectivity index (χ0n) is 13.9. The maximum Gasteiger partial charge on any atom is 0.150 e. The molecule has 0 spiro atoms. The van der Waals surface area contributed by atoms with Gasteiger partial charge in [0.1, 0.15) is 11.6 Å². The maximum absolute atomic E-state index is 5.26. The first-order valence-corrected chi connectivity index (χ1v) is 8.05. The van der Waals surface area contributed by atoms with Crippen molar-refractivity contribution in [3.8, 4) is 0 Å². The number of rotatable bonds is 6. The van der Waals surface area contributed by atoms with Gasteiger partial charge in [-0.1, -0.05) is 42.4 Å². The molecule has 0 unspecified atom stereocenters. The van der Waals surface area contributed by atoms with Crippen molar-refractivity contribution in [2.75, 3.05) is 0 Å². The van der Waals surface area contributed by atoms with Crippen molar-refractivity contribution in [1.82, 2.24) is 19.9 Å². The van der Waals surface area contributed by atoms with E-state index in [1.807, 2.05) is 24.6 Å². The van der Waals surface area contributed by atoms with E-state index in [0.717, 1.165) is 48.1 Å². The predicted octanol–water partition coefficient (Wildman–Crippen LogP) is 3.28. The van der Waals surface area contributed by atoms with Crippen LogP contribution in [0.5, 0.6) is 0 Å². The van der Waals surface area contributed by atoms with E-state index >= 15 is 0 Å². The van der Waals surface area contributed by atoms with Crippen LogP contribution >= 0.6 is 0 Å². The van der Waals surface area contributed by atoms with Gasteiger partial charge in [0.05, 0.1) is 5.69 Å². The molecule has 0 fully saturated rings. The van der Waals surface area contributed by atoms with Crippen LogP contribution in [0.2, 0.25) is 0 Å². The summed E-state index contributed by atoms with van der Waals surface area (Å²) < 4.78 is 7.29. The van der Waals surface area contributed by atoms with E-state index in [9.17, 15) is 0 Å². The highest BCUT2D eigenvalue weighted by Gasteiger charge is 2.15. The molecule has 0 atom stereocenters. The minimum atomic E-state index is 0.711. The third-order valence-electron chi connectivity index (χ3n) is 4.08. The van der Waals surface area contributed by atoms with Crippen LogP contribution in [0.1, 0.15) is 41.2 Å². The number of aromatic nitrogens is 4. The summed E-state index contributed by atoms with van der Waals surface area (Å²) in [7, 11) is 0. The Bertz CT molecular complexity index is 754. The minimum absolute atomic E-state index is 0.711. The first-order valence-electron chi connectivity index (χ1n) is 8.05. The van der Waals surface area contributed by atoms with Crippen molar-refractivity contribution >= 4 is 0 Å². The fourth-order valence-corrected chi connectivity index (χ4v) is 2.68. The highest BCUT2D eigenvalue weighted by Crippen LogP contribution is 2.17. The molecule has 0 N–H and O–H groups in total. The molecular formula is C18H22N4O. The third kappa shape index (κ3) is 3.50. The lowest BCUT2D eigenvalue weighted by molar-refractivity contribution is 0.392. The van der Waals surface area contributed by atoms with E-state index in [-0.39, 0.29) is 0 Å². The Morgan fingerprint density at radius 2 is 1.91 bits per heavy atom. The molecule has 3 rings (SSSR count). The molecule has 0 aliphatic carbocycles. The summed E-state index contributed by atoms with van der Waals surface area (Å²) in [5.41, 5.74) is 3.35. The summed E-state index contributed by atoms with van der Waals surface area (Å²) >= 11 is 0. The Labute approximate surface area is 136 Å². The second-order valence-electron chi connectivity index (χ2n) is 5.74. The molecule has 0 amide bonds. The Balaban J connectivity index is 1.81. The Morgan fingerprint density at radius 1 is 1.13 bits per heavy atom. The quantitative estimate of drug-likeness (QED) is 0.701. The summed E-state index contributed by atoms with van der Waals surface area (Å²) in [6.45, 7) is 6.82. The van der Waals surface area contributed by atoms with Crippen LogP contribution in [0.15, 0.2) is 34.9 Å². The Morgan fingerprint density at radius 3 is 2.57 bits per heavy atom. The topological polar surface area (TPSA) is 56.7 Å². The molecule has 0 saturated carbocycles. The zero-order valence-corrected chi connectivity index (χ0v) is 13.9. The van der Waals surface area contributed by atoms with Crippen LogP contribution in [-0.4, -0.2) is 19.9 Å². The second-order valence-corrected chi connectivity index (χ2v) is 5.74. The van der Waals surface area contributed by atoms with Gasteiger partial charge in [0, 0.05) is 24.9 Å². The van der Waals surface area contributed by atoms with Crippen LogP contribution in [0.25, 0.3) is 0 Å². The summed E-state index contributed by atoms with van der Waals surface area (Å²) in [5, 5.41) is 8.67. The van der Waals surface area contributed by atoms with E-state index < -0.39 is 0 Å². The fourth-order valence-electron chi connectivity index (χ4n) is 2.68. The van der Waals surface area contributed by atoms with Crippen LogP contribution in [-0.2, 0) is 25.8 Å². The number of hydrogen-bond acceptors (Lipinski definition) is 4. The van der Waals surface area contributed by atoms with Crippen molar-refractivity contribution in [3.63, 3.8) is 0 Å². The molecule has 0 saturated heterocycles. The molecule has 0 aliphatic rings. The average molecular weight is 310 g/mol. The molecule has 1 aromatic carbocycles. The average Bonchev–Trinajstić information content (AvgIpc) is 3.12. The molecule has 2 aromatic heterocycles. The molecule has 3 aromatic rings. The van der Waals surface area contributed by atoms with Gasteiger partial charge in [-0.25, -0.2) is 9.67 Å². The van der Waals surface area contributed by atoms with Crippen molar-refractivity contribution in [2.45, 2.75) is 46.6 Å². The lowest BCUT2D eigenvalue weighted by Gasteiger charge is -2.06. The van der Waals surface area contributed by atoms with Gasteiger partial charge in [0.15, 0.2) is 5.82 Å². The fraction of sp³-hybridized carbons (Fsp3) is 0.389. The number of aryl methyl sites for hydroxylation is 5. The van der Waals surface area contributed by atoms with E-state index in [4.69, 9.17) is 4.52 Å². The van der Waals surface area contributed by atoms with Gasteiger partial charge in [-0.3, -0.25) is 0 Å². The zero-order chi connectivity index (χ0) is 16.2. The van der Waals surface area contributed by atoms with E-state index in [0.29, 0.717) is 6.42 Å². The number of hydrogen-bond donors (Lipinski definition) is 0. The van der Waals surface area contributed by atoms with Gasteiger partial charge in [-0.15, -0.1) is 0 Å². The highest BCUT2D eigenvalue weighted by atomic mass is 16.5. The molecule has 5 heteroatoms. The molecule has 0 bridgehead atoms. The molecule has 120 valence electrons. The van der Waals surface area contributed by atoms with Crippen molar-refractivity contribution in [1.29, 1.82) is 0 Å². The Kier molecular flexibility index (Phi) is 4.55. The van der Waals surface area contributed by atoms with E-state index in [1.54, 1.807) is 0 Å². The summed E-state index contributed by atoms with van der Waals surface area (Å²) in [4.78, 5) is 4.68. The van der Waals surface area contributed by atoms with Gasteiger partial charge in [0.25, 0.3) is 0 Å². The maximum atomic E-state index is 5.26. The molecule has 5 nitrogen and oxygen atoms in total. The van der Waals surface area contributed by atoms with E-state index in [1.165, 1.54) is 5.56 Å². The SMILES string of the molecule is CCc1nc(Cc2c(C)noc2C)n(CCc2ccccc2)n1. The largest absolute Gasteiger partial charge is 0.361 e. The first-order chi connectivity index (χ1) is 11.2. The molecular weight excluding hydrogens is 288 g/mol. The predicted molar refractivity (Wildman–Crippen MR) is 88.3 cm³/mol. The monoisotopic (exact) mass is 310 g/mol. The smallest absolute Gasteiger partial charge is 0.150 e. The van der Waals surface area contributed by atoms with Crippen molar-refractivity contribution < 1.29 is 4.52 Å². The summed E-state index contributed by atoms with van der Waals surface area (Å²) in [5.74, 6) is 2.73. The molecule has 0 aliphatic heterocycles. The lowest BCUT2D eigenvalue weighted by atomic mass is 10.1. The van der Waals surface area contributed by atoms with Gasteiger partial charge in [-0.05, 0) is 25.8 Å². The van der Waals surface area contributed by atoms with Gasteiger partial charge in [-0.2, -0.15) is 5.10 Å². The standard InChI is InChI=1S/C18H22N4O/c1-4-17-19-18(12-16-13(2)21-23-14(16)3)22(20-17)11-10-15-8-6-5-7-9-15/h5-9H,4,10-12H2,1-3H3. The normalized spacial score (nSPS) is 11.1. The van der Waals surface area contributed by atoms with Gasteiger partial charge in [0.2, 0.25) is 0 Å². The summed E-state index contributed by atoms with van der Waals surface area (Å²) in [6, 6.07) is 10.5. The number of benzene rings is 1. The Hall–Kier alpha value is -2.43.